The van der Waals surface area contributed by atoms with Crippen LogP contribution < -0.4 is 16.0 Å². The van der Waals surface area contributed by atoms with Crippen molar-refractivity contribution in [3.8, 4) is 0 Å². The third kappa shape index (κ3) is 6.08. The topological polar surface area (TPSA) is 87.3 Å². The Morgan fingerprint density at radius 1 is 1.33 bits per heavy atom. The van der Waals surface area contributed by atoms with Crippen molar-refractivity contribution >= 4 is 17.7 Å². The molecule has 1 aliphatic heterocycles. The van der Waals surface area contributed by atoms with E-state index in [-0.39, 0.29) is 39.3 Å². The van der Waals surface area contributed by atoms with Crippen LogP contribution in [0.4, 0.5) is 0 Å². The number of piperidine rings is 1. The van der Waals surface area contributed by atoms with Crippen LogP contribution in [0.3, 0.4) is 0 Å². The summed E-state index contributed by atoms with van der Waals surface area (Å²) in [7, 11) is 1.82. The van der Waals surface area contributed by atoms with Gasteiger partial charge in [0, 0.05) is 40.2 Å². The standard InChI is InChI=1S/C15H18N3O3.C2H6.W/c1-9-8-10(16-2)4-3-5-11(9)14(20)17-12-6-7-13(19)18-15(12)21;1-2;/h3,8,12,16H,4,6-7H2,1-2H3,(H,17,20)(H,18,19,21);1-2H3;/q-1;;. The molecule has 1 fully saturated rings. The molecule has 132 valence electrons. The fraction of sp³-hybridized carbons (Fsp3) is 0.471. The molecule has 7 heteroatoms. The average Bonchev–Trinajstić information content (AvgIpc) is 2.73. The SMILES string of the molecule is CC.CNC1=CC(C)=C(C(=O)NC2CCC(=O)NC2=O)[C-]=CC1.[W]. The van der Waals surface area contributed by atoms with Crippen LogP contribution in [0.5, 0.6) is 0 Å². The molecule has 6 nitrogen and oxygen atoms in total. The van der Waals surface area contributed by atoms with Gasteiger partial charge >= 0.3 is 0 Å². The summed E-state index contributed by atoms with van der Waals surface area (Å²) in [5.41, 5.74) is 2.17. The summed E-state index contributed by atoms with van der Waals surface area (Å²) in [6, 6.07) is -0.673. The van der Waals surface area contributed by atoms with E-state index in [2.05, 4.69) is 22.0 Å². The van der Waals surface area contributed by atoms with E-state index >= 15 is 0 Å². The first-order valence-corrected chi connectivity index (χ1v) is 7.83. The Bertz CT molecular complexity index is 580. The van der Waals surface area contributed by atoms with Crippen LogP contribution >= 0.6 is 0 Å². The molecule has 0 spiro atoms. The van der Waals surface area contributed by atoms with Crippen molar-refractivity contribution in [3.05, 3.63) is 35.1 Å². The van der Waals surface area contributed by atoms with Crippen LogP contribution in [-0.2, 0) is 35.4 Å². The molecular weight excluding hydrogens is 478 g/mol. The first-order valence-electron chi connectivity index (χ1n) is 7.83. The van der Waals surface area contributed by atoms with E-state index in [1.54, 1.807) is 6.08 Å². The van der Waals surface area contributed by atoms with Gasteiger partial charge in [-0.2, -0.15) is 6.08 Å². The molecule has 0 radical (unpaired) electrons. The quantitative estimate of drug-likeness (QED) is 0.399. The number of nitrogens with one attached hydrogen (secondary N) is 3. The van der Waals surface area contributed by atoms with E-state index in [0.717, 1.165) is 11.3 Å². The largest absolute Gasteiger partial charge is 0.394 e. The van der Waals surface area contributed by atoms with Crippen molar-refractivity contribution in [3.63, 3.8) is 0 Å². The number of allylic oxidation sites excluding steroid dienone is 3. The van der Waals surface area contributed by atoms with Gasteiger partial charge in [-0.15, -0.1) is 17.2 Å². The summed E-state index contributed by atoms with van der Waals surface area (Å²) < 4.78 is 0. The van der Waals surface area contributed by atoms with Gasteiger partial charge in [-0.3, -0.25) is 14.9 Å². The Morgan fingerprint density at radius 3 is 2.58 bits per heavy atom. The normalized spacial score (nSPS) is 19.8. The predicted molar refractivity (Wildman–Crippen MR) is 87.9 cm³/mol. The molecule has 3 amide bonds. The molecule has 24 heavy (non-hydrogen) atoms. The van der Waals surface area contributed by atoms with Gasteiger partial charge in [0.15, 0.2) is 0 Å². The van der Waals surface area contributed by atoms with Crippen molar-refractivity contribution in [1.29, 1.82) is 0 Å². The molecule has 2 rings (SSSR count). The zero-order chi connectivity index (χ0) is 17.4. The monoisotopic (exact) mass is 502 g/mol. The van der Waals surface area contributed by atoms with Crippen LogP contribution in [0.25, 0.3) is 0 Å². The van der Waals surface area contributed by atoms with Crippen molar-refractivity contribution in [1.82, 2.24) is 16.0 Å². The molecule has 0 bridgehead atoms. The van der Waals surface area contributed by atoms with Gasteiger partial charge in [-0.05, 0) is 12.8 Å². The second kappa shape index (κ2) is 11.0. The molecule has 1 saturated heterocycles. The smallest absolute Gasteiger partial charge is 0.248 e. The Balaban J connectivity index is 0.00000170. The first-order chi connectivity index (χ1) is 11.0. The number of hydrogen-bond acceptors (Lipinski definition) is 4. The molecule has 1 heterocycles. The summed E-state index contributed by atoms with van der Waals surface area (Å²) in [4.78, 5) is 35.0. The van der Waals surface area contributed by atoms with E-state index in [1.165, 1.54) is 0 Å². The number of hydrogen-bond donors (Lipinski definition) is 3. The minimum absolute atomic E-state index is 0. The van der Waals surface area contributed by atoms with Crippen molar-refractivity contribution in [2.75, 3.05) is 7.05 Å². The zero-order valence-corrected chi connectivity index (χ0v) is 17.4. The second-order valence-corrected chi connectivity index (χ2v) is 5.01. The third-order valence-corrected chi connectivity index (χ3v) is 3.45. The summed E-state index contributed by atoms with van der Waals surface area (Å²) >= 11 is 0. The average molecular weight is 502 g/mol. The van der Waals surface area contributed by atoms with E-state index in [0.29, 0.717) is 18.4 Å². The van der Waals surface area contributed by atoms with Gasteiger partial charge in [0.05, 0.1) is 6.04 Å². The Hall–Kier alpha value is -1.68. The summed E-state index contributed by atoms with van der Waals surface area (Å²) in [6.45, 7) is 5.82. The first kappa shape index (κ1) is 22.3. The molecular formula is C17H24N3O3W-. The maximum Gasteiger partial charge on any atom is 0.248 e. The molecule has 2 aliphatic rings. The fourth-order valence-corrected chi connectivity index (χ4v) is 2.25. The van der Waals surface area contributed by atoms with Crippen molar-refractivity contribution < 1.29 is 35.4 Å². The van der Waals surface area contributed by atoms with Crippen LogP contribution in [0.2, 0.25) is 0 Å². The molecule has 3 N–H and O–H groups in total. The van der Waals surface area contributed by atoms with Crippen molar-refractivity contribution in [2.24, 2.45) is 0 Å². The molecule has 1 aliphatic carbocycles. The molecule has 0 saturated carbocycles. The maximum absolute atomic E-state index is 12.3. The van der Waals surface area contributed by atoms with E-state index in [1.807, 2.05) is 33.9 Å². The number of imide groups is 1. The van der Waals surface area contributed by atoms with Crippen LogP contribution in [-0.4, -0.2) is 30.8 Å². The van der Waals surface area contributed by atoms with E-state index < -0.39 is 11.9 Å². The second-order valence-electron chi connectivity index (χ2n) is 5.01. The van der Waals surface area contributed by atoms with Gasteiger partial charge in [-0.1, -0.05) is 26.8 Å². The maximum atomic E-state index is 12.3. The Kier molecular flexibility index (Phi) is 10.2. The Morgan fingerprint density at radius 2 is 2.00 bits per heavy atom. The van der Waals surface area contributed by atoms with Crippen LogP contribution in [0, 0.1) is 6.08 Å². The number of carbonyl (C=O) groups is 3. The van der Waals surface area contributed by atoms with Crippen LogP contribution in [0.15, 0.2) is 29.0 Å². The molecule has 0 aromatic heterocycles. The van der Waals surface area contributed by atoms with Crippen LogP contribution in [0.1, 0.15) is 40.0 Å². The van der Waals surface area contributed by atoms with Gasteiger partial charge in [0.1, 0.15) is 5.91 Å². The minimum Gasteiger partial charge on any atom is -0.394 e. The number of rotatable bonds is 3. The van der Waals surface area contributed by atoms with Gasteiger partial charge in [0.25, 0.3) is 0 Å². The third-order valence-electron chi connectivity index (χ3n) is 3.45. The molecule has 1 unspecified atom stereocenters. The fourth-order valence-electron chi connectivity index (χ4n) is 2.25. The molecule has 0 aromatic rings. The Labute approximate surface area is 157 Å². The zero-order valence-electron chi connectivity index (χ0n) is 14.5. The minimum atomic E-state index is -0.673. The number of amides is 3. The van der Waals surface area contributed by atoms with Gasteiger partial charge in [-0.25, -0.2) is 0 Å². The summed E-state index contributed by atoms with van der Waals surface area (Å²) in [5.74, 6) is -1.11. The van der Waals surface area contributed by atoms with Crippen molar-refractivity contribution in [2.45, 2.75) is 46.1 Å². The summed E-state index contributed by atoms with van der Waals surface area (Å²) in [5, 5.41) is 7.92. The van der Waals surface area contributed by atoms with Gasteiger partial charge in [0.2, 0.25) is 11.8 Å². The van der Waals surface area contributed by atoms with E-state index in [9.17, 15) is 14.4 Å². The molecule has 1 atom stereocenters. The summed E-state index contributed by atoms with van der Waals surface area (Å²) in [6.07, 6.45) is 7.85. The van der Waals surface area contributed by atoms with Gasteiger partial charge < -0.3 is 15.4 Å². The predicted octanol–water partition coefficient (Wildman–Crippen LogP) is 1.11. The number of carbonyl (C=O) groups excluding carboxylic acids is 3. The molecule has 0 aromatic carbocycles. The van der Waals surface area contributed by atoms with E-state index in [4.69, 9.17) is 0 Å².